The largest absolute Gasteiger partial charge is 0.285 e. The molecule has 0 aromatic rings. The van der Waals surface area contributed by atoms with E-state index >= 15 is 0 Å². The van der Waals surface area contributed by atoms with Gasteiger partial charge in [-0.05, 0) is 37.0 Å². The first kappa shape index (κ1) is 15.0. The standard InChI is InChI=1S/C15H28NP/c1-6-9-17-16-15(11(4)5)14-12(7-2)10-13(14)8-3/h11-17H,7-8,10H2,1-5H3. The van der Waals surface area contributed by atoms with Gasteiger partial charge in [0.25, 0.3) is 0 Å². The van der Waals surface area contributed by atoms with E-state index in [4.69, 9.17) is 0 Å². The maximum absolute atomic E-state index is 3.70. The van der Waals surface area contributed by atoms with Gasteiger partial charge in [-0.15, -0.1) is 5.92 Å². The molecule has 1 nitrogen and oxygen atoms in total. The Morgan fingerprint density at radius 1 is 1.24 bits per heavy atom. The van der Waals surface area contributed by atoms with Crippen LogP contribution in [0.15, 0.2) is 0 Å². The van der Waals surface area contributed by atoms with Gasteiger partial charge in [0.15, 0.2) is 0 Å². The second kappa shape index (κ2) is 7.40. The second-order valence-electron chi connectivity index (χ2n) is 5.56. The molecular weight excluding hydrogens is 225 g/mol. The molecule has 17 heavy (non-hydrogen) atoms. The van der Waals surface area contributed by atoms with Gasteiger partial charge in [-0.1, -0.05) is 46.2 Å². The molecule has 1 aliphatic carbocycles. The van der Waals surface area contributed by atoms with Crippen LogP contribution in [0.1, 0.15) is 53.9 Å². The molecule has 1 saturated carbocycles. The third-order valence-electron chi connectivity index (χ3n) is 4.30. The van der Waals surface area contributed by atoms with Gasteiger partial charge in [-0.25, -0.2) is 0 Å². The average molecular weight is 253 g/mol. The summed E-state index contributed by atoms with van der Waals surface area (Å²) in [6, 6.07) is 0.665. The number of hydrogen-bond acceptors (Lipinski definition) is 1. The lowest BCUT2D eigenvalue weighted by atomic mass is 9.58. The van der Waals surface area contributed by atoms with Crippen LogP contribution in [-0.2, 0) is 0 Å². The van der Waals surface area contributed by atoms with Gasteiger partial charge in [0, 0.05) is 14.8 Å². The van der Waals surface area contributed by atoms with Crippen molar-refractivity contribution in [2.24, 2.45) is 23.7 Å². The van der Waals surface area contributed by atoms with Crippen molar-refractivity contribution in [2.75, 3.05) is 0 Å². The average Bonchev–Trinajstić information content (AvgIpc) is 2.27. The van der Waals surface area contributed by atoms with E-state index in [0.29, 0.717) is 14.8 Å². The summed E-state index contributed by atoms with van der Waals surface area (Å²) in [6.07, 6.45) is 4.13. The van der Waals surface area contributed by atoms with E-state index in [2.05, 4.69) is 44.4 Å². The Morgan fingerprint density at radius 2 is 1.82 bits per heavy atom. The summed E-state index contributed by atoms with van der Waals surface area (Å²) in [5.74, 6) is 6.48. The van der Waals surface area contributed by atoms with Crippen LogP contribution in [0, 0.1) is 35.3 Å². The van der Waals surface area contributed by atoms with Crippen molar-refractivity contribution < 1.29 is 0 Å². The zero-order chi connectivity index (χ0) is 12.8. The molecule has 1 rings (SSSR count). The van der Waals surface area contributed by atoms with Gasteiger partial charge in [0.2, 0.25) is 0 Å². The van der Waals surface area contributed by atoms with E-state index in [1.807, 2.05) is 6.92 Å². The minimum Gasteiger partial charge on any atom is -0.285 e. The van der Waals surface area contributed by atoms with Gasteiger partial charge in [-0.3, -0.25) is 5.09 Å². The molecular formula is C15H28NP. The maximum atomic E-state index is 3.70. The fourth-order valence-corrected chi connectivity index (χ4v) is 4.14. The topological polar surface area (TPSA) is 12.0 Å². The molecule has 0 aromatic carbocycles. The number of hydrogen-bond donors (Lipinski definition) is 1. The van der Waals surface area contributed by atoms with E-state index in [1.54, 1.807) is 0 Å². The first-order chi connectivity index (χ1) is 8.15. The minimum atomic E-state index is 0.606. The van der Waals surface area contributed by atoms with Crippen LogP contribution in [0.5, 0.6) is 0 Å². The predicted octanol–water partition coefficient (Wildman–Crippen LogP) is 4.25. The molecule has 0 aliphatic heterocycles. The van der Waals surface area contributed by atoms with Crippen molar-refractivity contribution in [3.8, 4) is 11.6 Å². The zero-order valence-corrected chi connectivity index (χ0v) is 13.0. The Balaban J connectivity index is 2.62. The molecule has 0 radical (unpaired) electrons. The zero-order valence-electron chi connectivity index (χ0n) is 12.0. The van der Waals surface area contributed by atoms with Gasteiger partial charge < -0.3 is 0 Å². The molecule has 0 aromatic heterocycles. The lowest BCUT2D eigenvalue weighted by molar-refractivity contribution is 0.0236. The van der Waals surface area contributed by atoms with Crippen molar-refractivity contribution in [1.29, 1.82) is 0 Å². The molecule has 98 valence electrons. The van der Waals surface area contributed by atoms with E-state index in [1.165, 1.54) is 19.3 Å². The predicted molar refractivity (Wildman–Crippen MR) is 79.2 cm³/mol. The maximum Gasteiger partial charge on any atom is 0.0269 e. The second-order valence-corrected chi connectivity index (χ2v) is 6.35. The highest BCUT2D eigenvalue weighted by atomic mass is 31.1. The Bertz CT molecular complexity index is 266. The van der Waals surface area contributed by atoms with Crippen LogP contribution >= 0.6 is 8.73 Å². The minimum absolute atomic E-state index is 0.606. The Labute approximate surface area is 109 Å². The fraction of sp³-hybridized carbons (Fsp3) is 0.867. The molecule has 0 bridgehead atoms. The van der Waals surface area contributed by atoms with Gasteiger partial charge >= 0.3 is 0 Å². The van der Waals surface area contributed by atoms with Crippen LogP contribution in [0.3, 0.4) is 0 Å². The summed E-state index contributed by atoms with van der Waals surface area (Å²) >= 11 is 0. The van der Waals surface area contributed by atoms with Crippen molar-refractivity contribution in [3.05, 3.63) is 0 Å². The molecule has 0 spiro atoms. The molecule has 0 amide bonds. The number of rotatable bonds is 6. The van der Waals surface area contributed by atoms with Gasteiger partial charge in [-0.2, -0.15) is 0 Å². The van der Waals surface area contributed by atoms with E-state index in [9.17, 15) is 0 Å². The monoisotopic (exact) mass is 253 g/mol. The van der Waals surface area contributed by atoms with Gasteiger partial charge in [0.05, 0.1) is 0 Å². The van der Waals surface area contributed by atoms with Crippen LogP contribution in [0.2, 0.25) is 0 Å². The van der Waals surface area contributed by atoms with Crippen molar-refractivity contribution >= 4 is 8.73 Å². The Morgan fingerprint density at radius 3 is 2.24 bits per heavy atom. The Hall–Kier alpha value is -0.0500. The van der Waals surface area contributed by atoms with Crippen LogP contribution in [0.4, 0.5) is 0 Å². The molecule has 0 saturated heterocycles. The third-order valence-corrected chi connectivity index (χ3v) is 5.15. The van der Waals surface area contributed by atoms with Crippen molar-refractivity contribution in [2.45, 2.75) is 59.9 Å². The molecule has 1 fully saturated rings. The van der Waals surface area contributed by atoms with Crippen LogP contribution in [0.25, 0.3) is 0 Å². The summed E-state index contributed by atoms with van der Waals surface area (Å²) in [5.41, 5.74) is 3.17. The van der Waals surface area contributed by atoms with Crippen LogP contribution < -0.4 is 5.09 Å². The lowest BCUT2D eigenvalue weighted by Gasteiger charge is -2.50. The molecule has 1 N–H and O–H groups in total. The highest BCUT2D eigenvalue weighted by Gasteiger charge is 2.43. The number of nitrogens with one attached hydrogen (secondary N) is 1. The van der Waals surface area contributed by atoms with Crippen molar-refractivity contribution in [3.63, 3.8) is 0 Å². The van der Waals surface area contributed by atoms with Gasteiger partial charge in [0.1, 0.15) is 0 Å². The molecule has 4 unspecified atom stereocenters. The summed E-state index contributed by atoms with van der Waals surface area (Å²) in [6.45, 7) is 11.3. The van der Waals surface area contributed by atoms with Crippen LogP contribution in [-0.4, -0.2) is 6.04 Å². The SMILES string of the molecule is CC#CPNC(C(C)C)C1C(CC)CC1CC. The first-order valence-electron chi connectivity index (χ1n) is 7.07. The normalized spacial score (nSPS) is 30.1. The summed E-state index contributed by atoms with van der Waals surface area (Å²) in [4.78, 5) is 0. The summed E-state index contributed by atoms with van der Waals surface area (Å²) in [7, 11) is 0.606. The van der Waals surface area contributed by atoms with E-state index in [0.717, 1.165) is 23.7 Å². The molecule has 1 aliphatic rings. The van der Waals surface area contributed by atoms with Crippen molar-refractivity contribution in [1.82, 2.24) is 5.09 Å². The molecule has 4 atom stereocenters. The fourth-order valence-electron chi connectivity index (χ4n) is 3.25. The quantitative estimate of drug-likeness (QED) is 0.551. The Kier molecular flexibility index (Phi) is 6.53. The molecule has 2 heteroatoms. The van der Waals surface area contributed by atoms with E-state index in [-0.39, 0.29) is 0 Å². The smallest absolute Gasteiger partial charge is 0.0269 e. The third kappa shape index (κ3) is 3.70. The summed E-state index contributed by atoms with van der Waals surface area (Å²) in [5, 5.41) is 3.70. The highest BCUT2D eigenvalue weighted by molar-refractivity contribution is 7.41. The first-order valence-corrected chi connectivity index (χ1v) is 8.07. The highest BCUT2D eigenvalue weighted by Crippen LogP contribution is 2.48. The lowest BCUT2D eigenvalue weighted by Crippen LogP contribution is -2.50. The summed E-state index contributed by atoms with van der Waals surface area (Å²) < 4.78 is 0. The molecule has 0 heterocycles. The van der Waals surface area contributed by atoms with E-state index < -0.39 is 0 Å².